The van der Waals surface area contributed by atoms with E-state index >= 15 is 0 Å². The lowest BCUT2D eigenvalue weighted by Gasteiger charge is -2.21. The highest BCUT2D eigenvalue weighted by molar-refractivity contribution is 5.69. The van der Waals surface area contributed by atoms with E-state index in [0.717, 1.165) is 28.2 Å². The Morgan fingerprint density at radius 1 is 0.920 bits per heavy atom. The number of carbonyl (C=O) groups is 1. The summed E-state index contributed by atoms with van der Waals surface area (Å²) in [7, 11) is 0. The molecule has 0 spiro atoms. The Hall–Kier alpha value is -3.01. The molecule has 1 aliphatic rings. The number of ether oxygens (including phenoxy) is 1. The van der Waals surface area contributed by atoms with E-state index in [9.17, 15) is 4.79 Å². The van der Waals surface area contributed by atoms with Crippen molar-refractivity contribution in [3.05, 3.63) is 83.8 Å². The molecular formula is C21H20N2O2+2. The molecule has 0 N–H and O–H groups in total. The molecule has 0 saturated heterocycles. The fourth-order valence-electron chi connectivity index (χ4n) is 3.86. The van der Waals surface area contributed by atoms with Gasteiger partial charge in [0, 0.05) is 45.0 Å². The van der Waals surface area contributed by atoms with Gasteiger partial charge in [0.1, 0.15) is 0 Å². The van der Waals surface area contributed by atoms with Crippen LogP contribution < -0.4 is 9.13 Å². The molecular weight excluding hydrogens is 312 g/mol. The van der Waals surface area contributed by atoms with Crippen LogP contribution in [0.2, 0.25) is 0 Å². The minimum Gasteiger partial charge on any atom is -0.341 e. The van der Waals surface area contributed by atoms with E-state index < -0.39 is 5.85 Å². The van der Waals surface area contributed by atoms with E-state index in [2.05, 4.69) is 16.7 Å². The van der Waals surface area contributed by atoms with Crippen molar-refractivity contribution < 1.29 is 18.7 Å². The molecule has 0 bridgehead atoms. The predicted molar refractivity (Wildman–Crippen MR) is 92.4 cm³/mol. The average Bonchev–Trinajstić information content (AvgIpc) is 2.86. The molecule has 0 fully saturated rings. The van der Waals surface area contributed by atoms with Crippen molar-refractivity contribution in [1.82, 2.24) is 0 Å². The second-order valence-electron chi connectivity index (χ2n) is 6.35. The van der Waals surface area contributed by atoms with Gasteiger partial charge >= 0.3 is 11.8 Å². The molecule has 4 heteroatoms. The number of fused-ring (bicyclic) bond motifs is 3. The zero-order valence-corrected chi connectivity index (χ0v) is 14.6. The van der Waals surface area contributed by atoms with Crippen LogP contribution in [0.5, 0.6) is 0 Å². The van der Waals surface area contributed by atoms with Gasteiger partial charge in [-0.3, -0.25) is 4.79 Å². The van der Waals surface area contributed by atoms with Crippen LogP contribution in [0.4, 0.5) is 0 Å². The normalized spacial score (nSPS) is 17.7. The second-order valence-corrected chi connectivity index (χ2v) is 6.35. The molecule has 1 aliphatic heterocycles. The number of rotatable bonds is 2. The minimum atomic E-state index is -1.06. The quantitative estimate of drug-likeness (QED) is 0.534. The first-order chi connectivity index (χ1) is 12.1. The Balaban J connectivity index is 2.18. The molecule has 124 valence electrons. The van der Waals surface area contributed by atoms with Crippen molar-refractivity contribution in [2.45, 2.75) is 26.6 Å². The Morgan fingerprint density at radius 2 is 1.60 bits per heavy atom. The Labute approximate surface area is 146 Å². The summed E-state index contributed by atoms with van der Waals surface area (Å²) in [5.74, 6) is -1.39. The summed E-state index contributed by atoms with van der Waals surface area (Å²) in [4.78, 5) is 12.2. The maximum absolute atomic E-state index is 12.2. The summed E-state index contributed by atoms with van der Waals surface area (Å²) in [6.45, 7) is 5.52. The molecule has 2 aromatic heterocycles. The molecule has 3 heterocycles. The number of hydrogen-bond donors (Lipinski definition) is 0. The smallest absolute Gasteiger partial charge is 0.341 e. The molecule has 1 unspecified atom stereocenters. The first-order valence-electron chi connectivity index (χ1n) is 8.35. The van der Waals surface area contributed by atoms with Gasteiger partial charge in [0.25, 0.3) is 0 Å². The summed E-state index contributed by atoms with van der Waals surface area (Å²) < 4.78 is 10.2. The Morgan fingerprint density at radius 3 is 2.32 bits per heavy atom. The summed E-state index contributed by atoms with van der Waals surface area (Å²) in [6.07, 6.45) is 1.97. The van der Waals surface area contributed by atoms with Gasteiger partial charge in [0.2, 0.25) is 5.69 Å². The molecule has 0 saturated carbocycles. The van der Waals surface area contributed by atoms with E-state index in [1.807, 2.05) is 73.1 Å². The lowest BCUT2D eigenvalue weighted by Crippen LogP contribution is -2.76. The summed E-state index contributed by atoms with van der Waals surface area (Å²) in [5.41, 5.74) is 5.08. The van der Waals surface area contributed by atoms with Crippen LogP contribution in [-0.4, -0.2) is 5.97 Å². The van der Waals surface area contributed by atoms with E-state index in [1.54, 1.807) is 0 Å². The lowest BCUT2D eigenvalue weighted by molar-refractivity contribution is -1.02. The Kier molecular flexibility index (Phi) is 3.42. The van der Waals surface area contributed by atoms with Crippen LogP contribution in [0.25, 0.3) is 11.3 Å². The monoisotopic (exact) mass is 332 g/mol. The molecule has 0 amide bonds. The number of pyridine rings is 2. The van der Waals surface area contributed by atoms with Crippen LogP contribution in [0.3, 0.4) is 0 Å². The SMILES string of the molecule is CC(=O)OC1([n+]2c(C)cccc2C)c2ccccc2-c2cccc[n+]21. The van der Waals surface area contributed by atoms with Crippen molar-refractivity contribution in [1.29, 1.82) is 0 Å². The number of aryl methyl sites for hydroxylation is 2. The molecule has 3 aromatic rings. The third-order valence-corrected chi connectivity index (χ3v) is 4.71. The van der Waals surface area contributed by atoms with Gasteiger partial charge in [-0.25, -0.2) is 0 Å². The zero-order valence-electron chi connectivity index (χ0n) is 14.6. The van der Waals surface area contributed by atoms with Crippen molar-refractivity contribution >= 4 is 5.97 Å². The van der Waals surface area contributed by atoms with Gasteiger partial charge in [-0.15, -0.1) is 0 Å². The molecule has 25 heavy (non-hydrogen) atoms. The number of benzene rings is 1. The molecule has 1 atom stereocenters. The highest BCUT2D eigenvalue weighted by Gasteiger charge is 2.64. The summed E-state index contributed by atoms with van der Waals surface area (Å²) in [6, 6.07) is 20.2. The van der Waals surface area contributed by atoms with E-state index in [1.165, 1.54) is 6.92 Å². The number of hydrogen-bond acceptors (Lipinski definition) is 2. The summed E-state index contributed by atoms with van der Waals surface area (Å²) in [5, 5.41) is 0. The molecule has 4 rings (SSSR count). The number of nitrogens with zero attached hydrogens (tertiary/aromatic N) is 2. The third-order valence-electron chi connectivity index (χ3n) is 4.71. The largest absolute Gasteiger partial charge is 0.557 e. The fourth-order valence-corrected chi connectivity index (χ4v) is 3.86. The molecule has 4 nitrogen and oxygen atoms in total. The van der Waals surface area contributed by atoms with Crippen molar-refractivity contribution in [2.75, 3.05) is 0 Å². The predicted octanol–water partition coefficient (Wildman–Crippen LogP) is 2.63. The lowest BCUT2D eigenvalue weighted by atomic mass is 10.0. The van der Waals surface area contributed by atoms with Crippen LogP contribution in [0.1, 0.15) is 23.9 Å². The highest BCUT2D eigenvalue weighted by Crippen LogP contribution is 2.36. The van der Waals surface area contributed by atoms with Gasteiger partial charge in [-0.2, -0.15) is 0 Å². The summed E-state index contributed by atoms with van der Waals surface area (Å²) >= 11 is 0. The van der Waals surface area contributed by atoms with Gasteiger partial charge in [-0.1, -0.05) is 21.3 Å². The van der Waals surface area contributed by atoms with E-state index in [-0.39, 0.29) is 5.97 Å². The van der Waals surface area contributed by atoms with Crippen LogP contribution in [-0.2, 0) is 15.4 Å². The average molecular weight is 332 g/mol. The Bertz CT molecular complexity index is 929. The molecule has 0 radical (unpaired) electrons. The standard InChI is InChI=1S/C21H20N2O2/c1-15-9-8-10-16(2)23(15)21(25-17(3)24)19-12-5-4-11-18(19)20-13-6-7-14-22(20)21/h4-14H,1-3H3/q+2. The van der Waals surface area contributed by atoms with Crippen LogP contribution in [0, 0.1) is 13.8 Å². The fraction of sp³-hybridized carbons (Fsp3) is 0.190. The highest BCUT2D eigenvalue weighted by atomic mass is 16.6. The first-order valence-corrected chi connectivity index (χ1v) is 8.35. The topological polar surface area (TPSA) is 34.1 Å². The maximum atomic E-state index is 12.2. The van der Waals surface area contributed by atoms with Gasteiger partial charge in [0.05, 0.1) is 5.56 Å². The van der Waals surface area contributed by atoms with Gasteiger partial charge in [0.15, 0.2) is 23.1 Å². The number of aromatic nitrogens is 2. The van der Waals surface area contributed by atoms with Crippen LogP contribution >= 0.6 is 0 Å². The second kappa shape index (κ2) is 5.52. The van der Waals surface area contributed by atoms with Crippen LogP contribution in [0.15, 0.2) is 66.9 Å². The third kappa shape index (κ3) is 2.10. The van der Waals surface area contributed by atoms with E-state index in [4.69, 9.17) is 4.74 Å². The van der Waals surface area contributed by atoms with Gasteiger partial charge in [-0.05, 0) is 24.3 Å². The maximum Gasteiger partial charge on any atom is 0.557 e. The zero-order chi connectivity index (χ0) is 17.6. The van der Waals surface area contributed by atoms with Crippen molar-refractivity contribution in [3.63, 3.8) is 0 Å². The number of carbonyl (C=O) groups excluding carboxylic acids is 1. The van der Waals surface area contributed by atoms with E-state index in [0.29, 0.717) is 0 Å². The minimum absolute atomic E-state index is 0.325. The van der Waals surface area contributed by atoms with Crippen molar-refractivity contribution in [2.24, 2.45) is 0 Å². The van der Waals surface area contributed by atoms with Crippen molar-refractivity contribution in [3.8, 4) is 11.3 Å². The molecule has 1 aromatic carbocycles. The molecule has 0 aliphatic carbocycles. The first kappa shape index (κ1) is 15.5. The number of esters is 1. The van der Waals surface area contributed by atoms with Gasteiger partial charge < -0.3 is 4.74 Å².